The first-order valence-electron chi connectivity index (χ1n) is 13.2. The average molecular weight is 463 g/mol. The van der Waals surface area contributed by atoms with Crippen molar-refractivity contribution in [2.75, 3.05) is 65.6 Å². The van der Waals surface area contributed by atoms with Crippen LogP contribution in [0.5, 0.6) is 0 Å². The van der Waals surface area contributed by atoms with E-state index in [0.29, 0.717) is 24.3 Å². The molecule has 1 aromatic rings. The number of benzene rings is 1. The predicted octanol–water partition coefficient (Wildman–Crippen LogP) is 3.32. The van der Waals surface area contributed by atoms with Crippen LogP contribution in [-0.2, 0) is 16.0 Å². The van der Waals surface area contributed by atoms with Gasteiger partial charge in [-0.2, -0.15) is 0 Å². The molecule has 4 atom stereocenters. The summed E-state index contributed by atoms with van der Waals surface area (Å²) in [6, 6.07) is 11.8. The highest BCUT2D eigenvalue weighted by Crippen LogP contribution is 2.16. The minimum Gasteiger partial charge on any atom is -0.374 e. The van der Waals surface area contributed by atoms with Crippen LogP contribution in [0.3, 0.4) is 0 Å². The molecule has 0 aromatic heterocycles. The molecule has 0 radical (unpaired) electrons. The Hall–Kier alpha value is -1.02. The van der Waals surface area contributed by atoms with Crippen LogP contribution in [-0.4, -0.2) is 105 Å². The Bertz CT molecular complexity index is 601. The Labute approximate surface area is 203 Å². The Morgan fingerprint density at radius 2 is 1.42 bits per heavy atom. The number of likely N-dealkylation sites (N-methyl/N-ethyl adjacent to an activating group) is 2. The molecule has 0 unspecified atom stereocenters. The van der Waals surface area contributed by atoms with Gasteiger partial charge in [0.15, 0.2) is 0 Å². The summed E-state index contributed by atoms with van der Waals surface area (Å²) in [5.74, 6) is 0. The van der Waals surface area contributed by atoms with Gasteiger partial charge >= 0.3 is 0 Å². The molecule has 190 valence electrons. The fourth-order valence-electron chi connectivity index (χ4n) is 4.41. The summed E-state index contributed by atoms with van der Waals surface area (Å²) in [7, 11) is 0. The highest BCUT2D eigenvalue weighted by Gasteiger charge is 2.27. The van der Waals surface area contributed by atoms with Crippen molar-refractivity contribution in [2.24, 2.45) is 0 Å². The van der Waals surface area contributed by atoms with Gasteiger partial charge in [0.05, 0.1) is 25.4 Å². The molecule has 2 heterocycles. The van der Waals surface area contributed by atoms with Crippen LogP contribution in [0.15, 0.2) is 30.3 Å². The molecular formula is C27H50N4O2. The van der Waals surface area contributed by atoms with E-state index in [1.807, 2.05) is 0 Å². The largest absolute Gasteiger partial charge is 0.374 e. The molecule has 2 aliphatic heterocycles. The molecule has 0 saturated carbocycles. The molecule has 33 heavy (non-hydrogen) atoms. The summed E-state index contributed by atoms with van der Waals surface area (Å²) in [6.07, 6.45) is 0.728. The van der Waals surface area contributed by atoms with Crippen molar-refractivity contribution >= 4 is 0 Å². The maximum atomic E-state index is 6.01. The second-order valence-corrected chi connectivity index (χ2v) is 9.46. The molecule has 3 rings (SSSR count). The van der Waals surface area contributed by atoms with Crippen LogP contribution in [0.4, 0.5) is 0 Å². The number of nitrogens with one attached hydrogen (secondary N) is 1. The molecule has 6 nitrogen and oxygen atoms in total. The molecule has 2 fully saturated rings. The fraction of sp³-hybridized carbons (Fsp3) is 0.778. The summed E-state index contributed by atoms with van der Waals surface area (Å²) in [5, 5.41) is 3.43. The van der Waals surface area contributed by atoms with Crippen molar-refractivity contribution in [3.8, 4) is 0 Å². The average Bonchev–Trinajstić information content (AvgIpc) is 2.85. The van der Waals surface area contributed by atoms with Gasteiger partial charge in [-0.15, -0.1) is 0 Å². The summed E-state index contributed by atoms with van der Waals surface area (Å²) in [5.41, 5.74) is 1.39. The zero-order valence-corrected chi connectivity index (χ0v) is 22.1. The van der Waals surface area contributed by atoms with Crippen LogP contribution < -0.4 is 5.32 Å². The lowest BCUT2D eigenvalue weighted by Crippen LogP contribution is -2.51. The van der Waals surface area contributed by atoms with Crippen LogP contribution in [0.1, 0.15) is 47.1 Å². The normalized spacial score (nSPS) is 26.3. The van der Waals surface area contributed by atoms with Crippen molar-refractivity contribution in [3.05, 3.63) is 35.9 Å². The molecule has 0 spiro atoms. The van der Waals surface area contributed by atoms with E-state index in [-0.39, 0.29) is 0 Å². The Morgan fingerprint density at radius 3 is 1.97 bits per heavy atom. The zero-order valence-electron chi connectivity index (χ0n) is 22.1. The zero-order chi connectivity index (χ0) is 24.1. The molecule has 6 heteroatoms. The van der Waals surface area contributed by atoms with Crippen molar-refractivity contribution in [3.63, 3.8) is 0 Å². The minimum atomic E-state index is 0.342. The number of hydrogen-bond acceptors (Lipinski definition) is 6. The molecule has 1 aromatic carbocycles. The number of ether oxygens (including phenoxy) is 2. The SMILES string of the molecule is CCN(CC)C[C@@H]1CN(Cc2ccccc2)[C@@H](C)CO1.CCN(CC)C[C@@H]1CN[C@@H](C)CO1. The van der Waals surface area contributed by atoms with Gasteiger partial charge in [-0.05, 0) is 45.6 Å². The van der Waals surface area contributed by atoms with Crippen molar-refractivity contribution in [1.82, 2.24) is 20.0 Å². The predicted molar refractivity (Wildman–Crippen MR) is 139 cm³/mol. The summed E-state index contributed by atoms with van der Waals surface area (Å²) in [4.78, 5) is 7.40. The highest BCUT2D eigenvalue weighted by atomic mass is 16.5. The molecule has 2 aliphatic rings. The number of morpholine rings is 2. The standard InChI is InChI=1S/C17H28N2O.C10H22N2O/c1-4-18(5-2)12-17-13-19(15(3)14-20-17)11-16-9-7-6-8-10-16;1-4-12(5-2)7-10-6-11-9(3)8-13-10/h6-10,15,17H,4-5,11-14H2,1-3H3;9-11H,4-8H2,1-3H3/t15-,17+;9-,10-/m00/s1. The minimum absolute atomic E-state index is 0.342. The molecular weight excluding hydrogens is 412 g/mol. The Kier molecular flexibility index (Phi) is 13.5. The topological polar surface area (TPSA) is 40.2 Å². The van der Waals surface area contributed by atoms with Crippen LogP contribution >= 0.6 is 0 Å². The van der Waals surface area contributed by atoms with Gasteiger partial charge in [0.1, 0.15) is 0 Å². The summed E-state index contributed by atoms with van der Waals surface area (Å²) >= 11 is 0. The van der Waals surface area contributed by atoms with E-state index < -0.39 is 0 Å². The van der Waals surface area contributed by atoms with E-state index >= 15 is 0 Å². The molecule has 0 aliphatic carbocycles. The van der Waals surface area contributed by atoms with Gasteiger partial charge in [-0.25, -0.2) is 0 Å². The Morgan fingerprint density at radius 1 is 0.848 bits per heavy atom. The number of nitrogens with zero attached hydrogens (tertiary/aromatic N) is 3. The van der Waals surface area contributed by atoms with Gasteiger partial charge in [0.25, 0.3) is 0 Å². The Balaban J connectivity index is 0.000000257. The van der Waals surface area contributed by atoms with Crippen molar-refractivity contribution in [2.45, 2.75) is 72.4 Å². The number of rotatable bonds is 10. The third-order valence-corrected chi connectivity index (χ3v) is 6.85. The smallest absolute Gasteiger partial charge is 0.0829 e. The molecule has 0 bridgehead atoms. The van der Waals surface area contributed by atoms with Gasteiger partial charge in [-0.3, -0.25) is 4.90 Å². The van der Waals surface area contributed by atoms with Gasteiger partial charge < -0.3 is 24.6 Å². The second-order valence-electron chi connectivity index (χ2n) is 9.46. The molecule has 0 amide bonds. The van der Waals surface area contributed by atoms with Crippen LogP contribution in [0.25, 0.3) is 0 Å². The summed E-state index contributed by atoms with van der Waals surface area (Å²) in [6.45, 7) is 24.6. The van der Waals surface area contributed by atoms with E-state index in [9.17, 15) is 0 Å². The first kappa shape index (κ1) is 28.2. The third kappa shape index (κ3) is 10.4. The van der Waals surface area contributed by atoms with E-state index in [4.69, 9.17) is 9.47 Å². The maximum Gasteiger partial charge on any atom is 0.0829 e. The van der Waals surface area contributed by atoms with E-state index in [0.717, 1.165) is 72.1 Å². The fourth-order valence-corrected chi connectivity index (χ4v) is 4.41. The van der Waals surface area contributed by atoms with Gasteiger partial charge in [0, 0.05) is 44.8 Å². The lowest BCUT2D eigenvalue weighted by Gasteiger charge is -2.39. The number of hydrogen-bond donors (Lipinski definition) is 1. The lowest BCUT2D eigenvalue weighted by atomic mass is 10.1. The van der Waals surface area contributed by atoms with Crippen LogP contribution in [0.2, 0.25) is 0 Å². The van der Waals surface area contributed by atoms with E-state index in [1.165, 1.54) is 5.56 Å². The lowest BCUT2D eigenvalue weighted by molar-refractivity contribution is -0.0719. The first-order valence-corrected chi connectivity index (χ1v) is 13.2. The highest BCUT2D eigenvalue weighted by molar-refractivity contribution is 5.14. The van der Waals surface area contributed by atoms with Crippen molar-refractivity contribution < 1.29 is 9.47 Å². The third-order valence-electron chi connectivity index (χ3n) is 6.85. The maximum absolute atomic E-state index is 6.01. The van der Waals surface area contributed by atoms with E-state index in [2.05, 4.69) is 91.9 Å². The first-order chi connectivity index (χ1) is 16.0. The van der Waals surface area contributed by atoms with Gasteiger partial charge in [0.2, 0.25) is 0 Å². The van der Waals surface area contributed by atoms with E-state index in [1.54, 1.807) is 0 Å². The molecule has 1 N–H and O–H groups in total. The summed E-state index contributed by atoms with van der Waals surface area (Å²) < 4.78 is 11.7. The molecule has 2 saturated heterocycles. The van der Waals surface area contributed by atoms with Crippen LogP contribution in [0, 0.1) is 0 Å². The van der Waals surface area contributed by atoms with Crippen molar-refractivity contribution in [1.29, 1.82) is 0 Å². The quantitative estimate of drug-likeness (QED) is 0.575. The van der Waals surface area contributed by atoms with Gasteiger partial charge in [-0.1, -0.05) is 58.0 Å². The monoisotopic (exact) mass is 462 g/mol. The second kappa shape index (κ2) is 15.8.